The molecule has 0 N–H and O–H groups in total. The third kappa shape index (κ3) is 9.01. The predicted octanol–water partition coefficient (Wildman–Crippen LogP) is 5.18. The third-order valence-electron chi connectivity index (χ3n) is 4.97. The van der Waals surface area contributed by atoms with Crippen LogP contribution in [0, 0.1) is 23.1 Å². The first-order chi connectivity index (χ1) is 19.1. The average Bonchev–Trinajstić information content (AvgIpc) is 2.87. The summed E-state index contributed by atoms with van der Waals surface area (Å²) in [6.45, 7) is 2.34. The summed E-state index contributed by atoms with van der Waals surface area (Å²) in [6, 6.07) is 13.0. The first kappa shape index (κ1) is 33.0. The van der Waals surface area contributed by atoms with Gasteiger partial charge in [0.2, 0.25) is 0 Å². The lowest BCUT2D eigenvalue weighted by Gasteiger charge is -2.19. The van der Waals surface area contributed by atoms with Gasteiger partial charge >= 0.3 is 17.9 Å². The van der Waals surface area contributed by atoms with Crippen LogP contribution in [0.2, 0.25) is 0 Å². The molecule has 0 saturated heterocycles. The van der Waals surface area contributed by atoms with E-state index in [4.69, 9.17) is 25.4 Å². The molecule has 0 unspecified atom stereocenters. The van der Waals surface area contributed by atoms with Gasteiger partial charge in [-0.05, 0) is 130 Å². The van der Waals surface area contributed by atoms with E-state index in [2.05, 4.69) is 28.5 Å². The molecule has 14 heteroatoms. The molecule has 0 bridgehead atoms. The summed E-state index contributed by atoms with van der Waals surface area (Å²) in [4.78, 5) is 38.4. The van der Waals surface area contributed by atoms with Crippen LogP contribution in [-0.2, 0) is 19.6 Å². The van der Waals surface area contributed by atoms with Gasteiger partial charge < -0.3 is 23.5 Å². The molecule has 3 aromatic rings. The molecule has 0 radical (unpaired) electrons. The van der Waals surface area contributed by atoms with E-state index in [0.717, 1.165) is 3.57 Å². The topological polar surface area (TPSA) is 145 Å². The maximum absolute atomic E-state index is 13.4. The molecule has 0 aliphatic heterocycles. The van der Waals surface area contributed by atoms with Crippen molar-refractivity contribution in [3.8, 4) is 29.6 Å². The quantitative estimate of drug-likeness (QED) is 0.0927. The highest BCUT2D eigenvalue weighted by Gasteiger charge is 2.27. The zero-order valence-corrected chi connectivity index (χ0v) is 28.4. The molecule has 0 heterocycles. The van der Waals surface area contributed by atoms with Crippen molar-refractivity contribution in [2.45, 2.75) is 24.3 Å². The number of halogens is 3. The van der Waals surface area contributed by atoms with Crippen molar-refractivity contribution in [2.24, 2.45) is 0 Å². The zero-order valence-electron chi connectivity index (χ0n) is 21.1. The summed E-state index contributed by atoms with van der Waals surface area (Å²) < 4.78 is 57.3. The Balaban J connectivity index is 2.00. The van der Waals surface area contributed by atoms with E-state index in [9.17, 15) is 27.4 Å². The molecule has 0 spiro atoms. The van der Waals surface area contributed by atoms with Crippen LogP contribution in [0.4, 0.5) is 0 Å². The van der Waals surface area contributed by atoms with Crippen LogP contribution in [0.3, 0.4) is 0 Å². The van der Waals surface area contributed by atoms with Crippen molar-refractivity contribution in [3.63, 3.8) is 0 Å². The summed E-state index contributed by atoms with van der Waals surface area (Å²) in [6.07, 6.45) is 5.35. The maximum Gasteiger partial charge on any atom is 0.348 e. The van der Waals surface area contributed by atoms with Crippen LogP contribution in [0.1, 0.15) is 34.6 Å². The molecule has 0 atom stereocenters. The lowest BCUT2D eigenvalue weighted by molar-refractivity contribution is -0.154. The molecular formula is C27H18I3O10S-. The minimum atomic E-state index is -4.79. The maximum atomic E-state index is 13.4. The van der Waals surface area contributed by atoms with Gasteiger partial charge in [0.15, 0.2) is 12.2 Å². The van der Waals surface area contributed by atoms with Crippen molar-refractivity contribution in [3.05, 3.63) is 76.4 Å². The van der Waals surface area contributed by atoms with Crippen LogP contribution in [0.25, 0.3) is 0 Å². The number of carbonyl (C=O) groups is 3. The molecule has 0 aliphatic carbocycles. The number of benzene rings is 3. The lowest BCUT2D eigenvalue weighted by Crippen LogP contribution is -2.29. The largest absolute Gasteiger partial charge is 0.744 e. The Labute approximate surface area is 276 Å². The zero-order chi connectivity index (χ0) is 30.5. The second-order valence-electron chi connectivity index (χ2n) is 8.50. The number of esters is 3. The molecule has 0 saturated carbocycles. The predicted molar refractivity (Wildman–Crippen MR) is 170 cm³/mol. The molecule has 3 rings (SSSR count). The Kier molecular flexibility index (Phi) is 11.0. The standard InChI is InChI=1S/C27H19I3O10S/c1-4-27(2,3)40-22(31)14-37-21-7-5-6-18(25(32)38-16-10-8-15(28)9-11-16)23(21)26(33)39-17-12-19(29)24(20(30)13-17)41(34,35)36/h1,5-13H,14H2,2-3H3,(H,34,35,36)/p-1. The minimum Gasteiger partial charge on any atom is -0.744 e. The van der Waals surface area contributed by atoms with Crippen LogP contribution in [0.5, 0.6) is 17.2 Å². The van der Waals surface area contributed by atoms with E-state index < -0.39 is 45.1 Å². The van der Waals surface area contributed by atoms with E-state index in [1.165, 1.54) is 44.2 Å². The van der Waals surface area contributed by atoms with Gasteiger partial charge in [0.25, 0.3) is 0 Å². The van der Waals surface area contributed by atoms with E-state index in [0.29, 0.717) is 0 Å². The van der Waals surface area contributed by atoms with E-state index >= 15 is 0 Å². The van der Waals surface area contributed by atoms with Crippen LogP contribution >= 0.6 is 67.8 Å². The number of rotatable bonds is 9. The number of hydrogen-bond donors (Lipinski definition) is 0. The van der Waals surface area contributed by atoms with Crippen LogP contribution in [-0.4, -0.2) is 43.1 Å². The number of carbonyl (C=O) groups excluding carboxylic acids is 3. The minimum absolute atomic E-state index is 0.0223. The Bertz CT molecular complexity index is 1640. The first-order valence-electron chi connectivity index (χ1n) is 11.2. The van der Waals surface area contributed by atoms with Gasteiger partial charge in [-0.25, -0.2) is 22.8 Å². The highest BCUT2D eigenvalue weighted by Crippen LogP contribution is 2.31. The molecule has 0 fully saturated rings. The van der Waals surface area contributed by atoms with Crippen LogP contribution < -0.4 is 14.2 Å². The fraction of sp³-hybridized carbons (Fsp3) is 0.148. The monoisotopic (exact) mass is 915 g/mol. The van der Waals surface area contributed by atoms with E-state index in [1.54, 1.807) is 69.4 Å². The highest BCUT2D eigenvalue weighted by atomic mass is 127. The summed E-state index contributed by atoms with van der Waals surface area (Å²) in [5, 5.41) is 0. The second kappa shape index (κ2) is 13.7. The lowest BCUT2D eigenvalue weighted by atomic mass is 10.1. The molecule has 0 amide bonds. The fourth-order valence-electron chi connectivity index (χ4n) is 3.17. The van der Waals surface area contributed by atoms with Gasteiger partial charge in [-0.15, -0.1) is 6.42 Å². The molecule has 0 aliphatic rings. The second-order valence-corrected chi connectivity index (χ2v) is 13.4. The Morgan fingerprint density at radius 3 is 2.07 bits per heavy atom. The SMILES string of the molecule is C#CC(C)(C)OC(=O)COc1cccc(C(=O)Oc2ccc(I)cc2)c1C(=O)Oc1cc(I)c(S(=O)(=O)[O-])c(I)c1. The van der Waals surface area contributed by atoms with Gasteiger partial charge in [-0.2, -0.15) is 0 Å². The smallest absolute Gasteiger partial charge is 0.348 e. The van der Waals surface area contributed by atoms with Crippen molar-refractivity contribution >= 4 is 95.8 Å². The van der Waals surface area contributed by atoms with Crippen LogP contribution in [0.15, 0.2) is 59.5 Å². The molecule has 10 nitrogen and oxygen atoms in total. The van der Waals surface area contributed by atoms with Crippen molar-refractivity contribution < 1.29 is 46.3 Å². The molecule has 3 aromatic carbocycles. The van der Waals surface area contributed by atoms with Crippen molar-refractivity contribution in [1.82, 2.24) is 0 Å². The van der Waals surface area contributed by atoms with Gasteiger partial charge in [0.1, 0.15) is 32.9 Å². The highest BCUT2D eigenvalue weighted by molar-refractivity contribution is 14.1. The summed E-state index contributed by atoms with van der Waals surface area (Å²) in [5.74, 6) is -0.642. The van der Waals surface area contributed by atoms with Crippen molar-refractivity contribution in [2.75, 3.05) is 6.61 Å². The molecule has 0 aromatic heterocycles. The van der Waals surface area contributed by atoms with Gasteiger partial charge in [-0.1, -0.05) is 12.0 Å². The number of terminal acetylenes is 1. The molecule has 41 heavy (non-hydrogen) atoms. The average molecular weight is 915 g/mol. The fourth-order valence-corrected chi connectivity index (χ4v) is 7.45. The normalized spacial score (nSPS) is 11.2. The number of ether oxygens (including phenoxy) is 4. The molecule has 214 valence electrons. The first-order valence-corrected chi connectivity index (χ1v) is 15.9. The summed E-state index contributed by atoms with van der Waals surface area (Å²) >= 11 is 5.35. The van der Waals surface area contributed by atoms with Gasteiger partial charge in [0.05, 0.1) is 10.5 Å². The van der Waals surface area contributed by atoms with E-state index in [-0.39, 0.29) is 35.5 Å². The Hall–Kier alpha value is -2.47. The van der Waals surface area contributed by atoms with E-state index in [1.807, 2.05) is 0 Å². The third-order valence-corrected chi connectivity index (χ3v) is 9.06. The number of hydrogen-bond acceptors (Lipinski definition) is 10. The van der Waals surface area contributed by atoms with Crippen molar-refractivity contribution in [1.29, 1.82) is 0 Å². The Morgan fingerprint density at radius 2 is 1.51 bits per heavy atom. The van der Waals surface area contributed by atoms with Gasteiger partial charge in [0, 0.05) is 10.7 Å². The summed E-state index contributed by atoms with van der Waals surface area (Å²) in [7, 11) is -4.79. The summed E-state index contributed by atoms with van der Waals surface area (Å²) in [5.41, 5.74) is -1.83. The van der Waals surface area contributed by atoms with Gasteiger partial charge in [-0.3, -0.25) is 0 Å². The molecular weight excluding hydrogens is 897 g/mol. The Morgan fingerprint density at radius 1 is 0.927 bits per heavy atom.